The summed E-state index contributed by atoms with van der Waals surface area (Å²) in [7, 11) is -7.90. The molecular formula is C21H22N4O5S2. The van der Waals surface area contributed by atoms with Gasteiger partial charge in [0.1, 0.15) is 0 Å². The lowest BCUT2D eigenvalue weighted by atomic mass is 10.1. The molecule has 0 heterocycles. The molecular weight excluding hydrogens is 452 g/mol. The minimum absolute atomic E-state index is 0.0312. The van der Waals surface area contributed by atoms with Crippen LogP contribution in [0.5, 0.6) is 0 Å². The average molecular weight is 475 g/mol. The Labute approximate surface area is 186 Å². The van der Waals surface area contributed by atoms with Gasteiger partial charge in [-0.05, 0) is 67.4 Å². The number of hydrogen-bond acceptors (Lipinski definition) is 5. The second-order valence-electron chi connectivity index (χ2n) is 7.14. The van der Waals surface area contributed by atoms with E-state index in [-0.39, 0.29) is 16.1 Å². The third-order valence-corrected chi connectivity index (χ3v) is 6.43. The molecule has 11 heteroatoms. The lowest BCUT2D eigenvalue weighted by molar-refractivity contribution is 0.102. The number of amides is 1. The fraction of sp³-hybridized carbons (Fsp3) is 0.0952. The average Bonchev–Trinajstić information content (AvgIpc) is 2.66. The first-order chi connectivity index (χ1) is 14.9. The Kier molecular flexibility index (Phi) is 6.53. The molecule has 0 aliphatic heterocycles. The van der Waals surface area contributed by atoms with E-state index in [1.807, 2.05) is 13.0 Å². The summed E-state index contributed by atoms with van der Waals surface area (Å²) in [6, 6.07) is 17.2. The number of rotatable bonds is 7. The van der Waals surface area contributed by atoms with Crippen LogP contribution in [0.4, 0.5) is 17.1 Å². The lowest BCUT2D eigenvalue weighted by Gasteiger charge is -2.13. The van der Waals surface area contributed by atoms with E-state index in [4.69, 9.17) is 5.14 Å². The van der Waals surface area contributed by atoms with Gasteiger partial charge in [0.05, 0.1) is 10.6 Å². The van der Waals surface area contributed by atoms with Gasteiger partial charge in [-0.3, -0.25) is 14.2 Å². The van der Waals surface area contributed by atoms with Gasteiger partial charge in [-0.25, -0.2) is 13.6 Å². The molecule has 3 rings (SSSR count). The van der Waals surface area contributed by atoms with Crippen LogP contribution in [0.3, 0.4) is 0 Å². The van der Waals surface area contributed by atoms with E-state index in [0.29, 0.717) is 16.9 Å². The number of nitrogens with two attached hydrogens (primary N) is 1. The van der Waals surface area contributed by atoms with Crippen LogP contribution in [0.1, 0.15) is 21.5 Å². The fourth-order valence-electron chi connectivity index (χ4n) is 2.98. The van der Waals surface area contributed by atoms with Crippen molar-refractivity contribution in [2.75, 3.05) is 14.8 Å². The van der Waals surface area contributed by atoms with Crippen molar-refractivity contribution < 1.29 is 21.6 Å². The number of hydrogen-bond donors (Lipinski definition) is 4. The lowest BCUT2D eigenvalue weighted by Crippen LogP contribution is -2.21. The highest BCUT2D eigenvalue weighted by Gasteiger charge is 2.20. The summed E-state index contributed by atoms with van der Waals surface area (Å²) in [5, 5.41) is 7.57. The Morgan fingerprint density at radius 1 is 0.781 bits per heavy atom. The maximum Gasteiger partial charge on any atom is 0.296 e. The van der Waals surface area contributed by atoms with Crippen LogP contribution < -0.4 is 19.9 Å². The Bertz CT molecular complexity index is 1390. The molecule has 0 bridgehead atoms. The number of anilines is 3. The minimum atomic E-state index is -3.97. The zero-order chi connectivity index (χ0) is 23.5. The highest BCUT2D eigenvalue weighted by Crippen LogP contribution is 2.23. The van der Waals surface area contributed by atoms with Gasteiger partial charge in [0.2, 0.25) is 0 Å². The number of carbonyl (C=O) groups is 1. The molecule has 5 N–H and O–H groups in total. The molecule has 168 valence electrons. The quantitative estimate of drug-likeness (QED) is 0.416. The molecule has 3 aromatic rings. The molecule has 1 amide bonds. The third kappa shape index (κ3) is 6.06. The predicted octanol–water partition coefficient (Wildman–Crippen LogP) is 2.97. The van der Waals surface area contributed by atoms with Crippen LogP contribution >= 0.6 is 0 Å². The molecule has 3 aromatic carbocycles. The van der Waals surface area contributed by atoms with Crippen molar-refractivity contribution in [3.8, 4) is 0 Å². The first-order valence-electron chi connectivity index (χ1n) is 9.35. The maximum atomic E-state index is 12.9. The van der Waals surface area contributed by atoms with Crippen molar-refractivity contribution in [1.82, 2.24) is 0 Å². The highest BCUT2D eigenvalue weighted by molar-refractivity contribution is 7.92. The molecule has 0 aliphatic carbocycles. The van der Waals surface area contributed by atoms with E-state index in [2.05, 4.69) is 14.8 Å². The number of benzene rings is 3. The summed E-state index contributed by atoms with van der Waals surface area (Å²) in [5.74, 6) is -0.565. The topological polar surface area (TPSA) is 147 Å². The van der Waals surface area contributed by atoms with Gasteiger partial charge in [0, 0.05) is 16.9 Å². The number of carbonyl (C=O) groups excluding carboxylic acids is 1. The Balaban J connectivity index is 1.85. The Hall–Kier alpha value is -3.41. The fourth-order valence-corrected chi connectivity index (χ4v) is 4.75. The second kappa shape index (κ2) is 8.99. The summed E-state index contributed by atoms with van der Waals surface area (Å²) < 4.78 is 52.9. The normalized spacial score (nSPS) is 11.6. The van der Waals surface area contributed by atoms with Crippen LogP contribution in [0, 0.1) is 13.8 Å². The first kappa shape index (κ1) is 23.3. The van der Waals surface area contributed by atoms with Gasteiger partial charge >= 0.3 is 0 Å². The molecule has 0 saturated carbocycles. The number of sulfonamides is 1. The molecule has 0 spiro atoms. The molecule has 0 atom stereocenters. The second-order valence-corrected chi connectivity index (χ2v) is 10.1. The smallest absolute Gasteiger partial charge is 0.296 e. The van der Waals surface area contributed by atoms with E-state index in [0.717, 1.165) is 5.56 Å². The van der Waals surface area contributed by atoms with E-state index < -0.39 is 26.1 Å². The molecule has 0 saturated heterocycles. The standard InChI is InChI=1S/C21H22N4O5S2/c1-14-5-3-7-18(11-14)24-31(27,28)20-12-16(10-9-15(20)2)21(26)23-17-6-4-8-19(13-17)25-32(22,29)30/h3-13,24-25H,1-2H3,(H,23,26)(H2,22,29,30). The van der Waals surface area contributed by atoms with Crippen molar-refractivity contribution in [3.63, 3.8) is 0 Å². The summed E-state index contributed by atoms with van der Waals surface area (Å²) in [4.78, 5) is 12.7. The number of nitrogens with one attached hydrogen (secondary N) is 3. The Morgan fingerprint density at radius 3 is 2.06 bits per heavy atom. The van der Waals surface area contributed by atoms with Crippen LogP contribution in [0.2, 0.25) is 0 Å². The predicted molar refractivity (Wildman–Crippen MR) is 124 cm³/mol. The molecule has 0 aromatic heterocycles. The van der Waals surface area contributed by atoms with Crippen LogP contribution in [-0.4, -0.2) is 22.7 Å². The summed E-state index contributed by atoms with van der Waals surface area (Å²) in [6.07, 6.45) is 0. The van der Waals surface area contributed by atoms with Crippen molar-refractivity contribution >= 4 is 43.2 Å². The zero-order valence-corrected chi connectivity index (χ0v) is 18.9. The van der Waals surface area contributed by atoms with Crippen molar-refractivity contribution in [2.45, 2.75) is 18.7 Å². The van der Waals surface area contributed by atoms with E-state index in [1.54, 1.807) is 37.3 Å². The third-order valence-electron chi connectivity index (χ3n) is 4.39. The van der Waals surface area contributed by atoms with Gasteiger partial charge in [0.15, 0.2) is 0 Å². The van der Waals surface area contributed by atoms with Crippen molar-refractivity contribution in [1.29, 1.82) is 0 Å². The van der Waals surface area contributed by atoms with Gasteiger partial charge in [-0.1, -0.05) is 24.3 Å². The van der Waals surface area contributed by atoms with Crippen molar-refractivity contribution in [2.24, 2.45) is 5.14 Å². The van der Waals surface area contributed by atoms with E-state index in [9.17, 15) is 21.6 Å². The van der Waals surface area contributed by atoms with Gasteiger partial charge in [-0.15, -0.1) is 0 Å². The summed E-state index contributed by atoms with van der Waals surface area (Å²) in [5.41, 5.74) is 2.37. The van der Waals surface area contributed by atoms with Crippen LogP contribution in [0.15, 0.2) is 71.6 Å². The van der Waals surface area contributed by atoms with Gasteiger partial charge < -0.3 is 5.32 Å². The molecule has 0 aliphatic rings. The highest BCUT2D eigenvalue weighted by atomic mass is 32.2. The zero-order valence-electron chi connectivity index (χ0n) is 17.3. The maximum absolute atomic E-state index is 12.9. The van der Waals surface area contributed by atoms with Crippen LogP contribution in [-0.2, 0) is 20.2 Å². The molecule has 32 heavy (non-hydrogen) atoms. The monoisotopic (exact) mass is 474 g/mol. The molecule has 9 nitrogen and oxygen atoms in total. The Morgan fingerprint density at radius 2 is 1.41 bits per heavy atom. The SMILES string of the molecule is Cc1cccc(NS(=O)(=O)c2cc(C(=O)Nc3cccc(NS(N)(=O)=O)c3)ccc2C)c1. The van der Waals surface area contributed by atoms with Gasteiger partial charge in [0.25, 0.3) is 26.1 Å². The summed E-state index contributed by atoms with van der Waals surface area (Å²) >= 11 is 0. The number of aryl methyl sites for hydroxylation is 2. The van der Waals surface area contributed by atoms with E-state index >= 15 is 0 Å². The van der Waals surface area contributed by atoms with Crippen molar-refractivity contribution in [3.05, 3.63) is 83.4 Å². The van der Waals surface area contributed by atoms with Gasteiger partial charge in [-0.2, -0.15) is 8.42 Å². The first-order valence-corrected chi connectivity index (χ1v) is 12.4. The largest absolute Gasteiger partial charge is 0.322 e. The van der Waals surface area contributed by atoms with Crippen LogP contribution in [0.25, 0.3) is 0 Å². The molecule has 0 unspecified atom stereocenters. The minimum Gasteiger partial charge on any atom is -0.322 e. The molecule has 0 fully saturated rings. The molecule has 0 radical (unpaired) electrons. The van der Waals surface area contributed by atoms with E-state index in [1.165, 1.54) is 30.3 Å². The summed E-state index contributed by atoms with van der Waals surface area (Å²) in [6.45, 7) is 3.48.